The Labute approximate surface area is 118 Å². The summed E-state index contributed by atoms with van der Waals surface area (Å²) in [7, 11) is 0. The Morgan fingerprint density at radius 1 is 1.15 bits per heavy atom. The molecule has 2 aromatic rings. The molecule has 2 rings (SSSR count). The summed E-state index contributed by atoms with van der Waals surface area (Å²) in [5.74, 6) is 0. The molecule has 0 spiro atoms. The fourth-order valence-electron chi connectivity index (χ4n) is 2.32. The molecule has 0 fully saturated rings. The predicted molar refractivity (Wildman–Crippen MR) is 83.6 cm³/mol. The van der Waals surface area contributed by atoms with Crippen LogP contribution in [0, 0.1) is 0 Å². The van der Waals surface area contributed by atoms with Crippen molar-refractivity contribution in [3.8, 4) is 0 Å². The van der Waals surface area contributed by atoms with Gasteiger partial charge in [0.05, 0.1) is 11.0 Å². The molecule has 0 atom stereocenters. The van der Waals surface area contributed by atoms with E-state index in [2.05, 4.69) is 22.5 Å². The first kappa shape index (κ1) is 14.2. The summed E-state index contributed by atoms with van der Waals surface area (Å²) in [5, 5.41) is 18.5. The van der Waals surface area contributed by atoms with Gasteiger partial charge in [-0.1, -0.05) is 0 Å². The third kappa shape index (κ3) is 2.71. The molecule has 3 N–H and O–H groups in total. The Kier molecular flexibility index (Phi) is 4.50. The van der Waals surface area contributed by atoms with Crippen LogP contribution in [0.4, 0.5) is 11.4 Å². The van der Waals surface area contributed by atoms with Crippen LogP contribution in [0.2, 0.25) is 0 Å². The Hall–Kier alpha value is -2.17. The molecular formula is C15H22N4O. The average Bonchev–Trinajstić information content (AvgIpc) is 2.43. The topological polar surface area (TPSA) is 61.6 Å². The second kappa shape index (κ2) is 6.32. The first-order valence-electron chi connectivity index (χ1n) is 7.08. The third-order valence-corrected chi connectivity index (χ3v) is 3.07. The van der Waals surface area contributed by atoms with Crippen molar-refractivity contribution in [3.63, 3.8) is 0 Å². The van der Waals surface area contributed by atoms with Crippen molar-refractivity contribution >= 4 is 22.3 Å². The minimum atomic E-state index is 0.715. The van der Waals surface area contributed by atoms with Crippen molar-refractivity contribution in [2.45, 2.75) is 20.8 Å². The monoisotopic (exact) mass is 274 g/mol. The molecule has 0 aliphatic rings. The number of pyridine rings is 1. The Bertz CT molecular complexity index is 661. The predicted octanol–water partition coefficient (Wildman–Crippen LogP) is 2.66. The molecule has 5 nitrogen and oxygen atoms in total. The van der Waals surface area contributed by atoms with E-state index < -0.39 is 0 Å². The number of hydrogen-bond donors (Lipinski definition) is 3. The molecule has 0 amide bonds. The van der Waals surface area contributed by atoms with Crippen molar-refractivity contribution in [1.29, 1.82) is 0 Å². The maximum Gasteiger partial charge on any atom is 0.112 e. The fraction of sp³-hybridized carbons (Fsp3) is 0.400. The normalized spacial score (nSPS) is 11.8. The molecule has 108 valence electrons. The maximum absolute atomic E-state index is 10.1. The molecule has 0 saturated carbocycles. The minimum absolute atomic E-state index is 0.715. The van der Waals surface area contributed by atoms with Gasteiger partial charge in [-0.25, -0.2) is 0 Å². The Morgan fingerprint density at radius 2 is 1.90 bits per heavy atom. The summed E-state index contributed by atoms with van der Waals surface area (Å²) in [6, 6.07) is 5.87. The number of fused-ring (bicyclic) bond motifs is 1. The lowest BCUT2D eigenvalue weighted by molar-refractivity contribution is 0.198. The van der Waals surface area contributed by atoms with Crippen LogP contribution >= 0.6 is 0 Å². The highest BCUT2D eigenvalue weighted by Gasteiger charge is 2.09. The molecule has 5 heteroatoms. The van der Waals surface area contributed by atoms with Crippen LogP contribution in [0.15, 0.2) is 29.4 Å². The zero-order valence-corrected chi connectivity index (χ0v) is 12.3. The molecule has 0 saturated heterocycles. The van der Waals surface area contributed by atoms with E-state index in [0.717, 1.165) is 45.5 Å². The van der Waals surface area contributed by atoms with Crippen LogP contribution < -0.4 is 16.0 Å². The van der Waals surface area contributed by atoms with Crippen molar-refractivity contribution < 1.29 is 5.21 Å². The van der Waals surface area contributed by atoms with Crippen molar-refractivity contribution in [3.05, 3.63) is 29.8 Å². The molecule has 1 aromatic carbocycles. The second-order valence-corrected chi connectivity index (χ2v) is 4.50. The molecule has 0 radical (unpaired) electrons. The van der Waals surface area contributed by atoms with Crippen molar-refractivity contribution in [2.75, 3.05) is 30.3 Å². The summed E-state index contributed by atoms with van der Waals surface area (Å²) >= 11 is 0. The van der Waals surface area contributed by atoms with Crippen LogP contribution in [0.25, 0.3) is 10.9 Å². The second-order valence-electron chi connectivity index (χ2n) is 4.50. The summed E-state index contributed by atoms with van der Waals surface area (Å²) in [6.07, 6.45) is 1.63. The zero-order valence-electron chi connectivity index (χ0n) is 12.3. The maximum atomic E-state index is 10.1. The number of anilines is 2. The highest BCUT2D eigenvalue weighted by atomic mass is 16.5. The van der Waals surface area contributed by atoms with Gasteiger partial charge in [0.2, 0.25) is 0 Å². The Morgan fingerprint density at radius 3 is 2.55 bits per heavy atom. The first-order chi connectivity index (χ1) is 9.71. The number of nitrogens with zero attached hydrogens (tertiary/aromatic N) is 2. The molecule has 0 unspecified atom stereocenters. The highest BCUT2D eigenvalue weighted by molar-refractivity contribution is 5.93. The lowest BCUT2D eigenvalue weighted by Gasteiger charge is -2.14. The van der Waals surface area contributed by atoms with E-state index >= 15 is 0 Å². The number of aromatic nitrogens is 1. The lowest BCUT2D eigenvalue weighted by atomic mass is 10.1. The molecular weight excluding hydrogens is 252 g/mol. The standard InChI is InChI=1S/C15H22N4O/c1-4-16-11-9-12-13(17-5-2)7-8-19(20)15(12)14(10-11)18-6-3/h7-10,16,18,20H,4-6H2,1-3H3. The quantitative estimate of drug-likeness (QED) is 0.735. The first-order valence-corrected chi connectivity index (χ1v) is 7.08. The largest absolute Gasteiger partial charge is 0.428 e. The Balaban J connectivity index is 2.80. The van der Waals surface area contributed by atoms with Gasteiger partial charge >= 0.3 is 0 Å². The van der Waals surface area contributed by atoms with Gasteiger partial charge in [0, 0.05) is 36.9 Å². The van der Waals surface area contributed by atoms with Gasteiger partial charge in [-0.15, -0.1) is 0 Å². The van der Waals surface area contributed by atoms with E-state index in [1.54, 1.807) is 6.20 Å². The number of hydrogen-bond acceptors (Lipinski definition) is 4. The van der Waals surface area contributed by atoms with Crippen LogP contribution in [-0.4, -0.2) is 29.6 Å². The van der Waals surface area contributed by atoms with Crippen LogP contribution in [0.3, 0.4) is 0 Å². The lowest BCUT2D eigenvalue weighted by Crippen LogP contribution is -2.12. The van der Waals surface area contributed by atoms with Crippen molar-refractivity contribution in [1.82, 2.24) is 4.73 Å². The average molecular weight is 274 g/mol. The summed E-state index contributed by atoms with van der Waals surface area (Å²) in [4.78, 5) is 4.50. The molecule has 20 heavy (non-hydrogen) atoms. The number of benzene rings is 1. The summed E-state index contributed by atoms with van der Waals surface area (Å²) in [6.45, 7) is 8.46. The van der Waals surface area contributed by atoms with E-state index in [-0.39, 0.29) is 0 Å². The summed E-state index contributed by atoms with van der Waals surface area (Å²) in [5.41, 5.74) is 2.68. The van der Waals surface area contributed by atoms with Crippen LogP contribution in [0.5, 0.6) is 0 Å². The van der Waals surface area contributed by atoms with Crippen LogP contribution in [-0.2, 0) is 0 Å². The van der Waals surface area contributed by atoms with Crippen LogP contribution in [0.1, 0.15) is 20.8 Å². The van der Waals surface area contributed by atoms with Gasteiger partial charge < -0.3 is 15.8 Å². The van der Waals surface area contributed by atoms with E-state index in [1.165, 1.54) is 0 Å². The molecule has 0 aliphatic carbocycles. The highest BCUT2D eigenvalue weighted by Crippen LogP contribution is 2.25. The van der Waals surface area contributed by atoms with Crippen molar-refractivity contribution in [2.24, 2.45) is 4.99 Å². The van der Waals surface area contributed by atoms with Gasteiger partial charge in [0.25, 0.3) is 0 Å². The number of nitrogens with one attached hydrogen (secondary N) is 2. The van der Waals surface area contributed by atoms with E-state index in [0.29, 0.717) is 6.54 Å². The SMILES string of the molecule is CCN=c1ccn(O)c2c(NCC)cc(NCC)cc12. The van der Waals surface area contributed by atoms with E-state index in [4.69, 9.17) is 0 Å². The van der Waals surface area contributed by atoms with Gasteiger partial charge in [-0.05, 0) is 39.0 Å². The minimum Gasteiger partial charge on any atom is -0.428 e. The third-order valence-electron chi connectivity index (χ3n) is 3.07. The molecule has 0 aliphatic heterocycles. The number of rotatable bonds is 5. The van der Waals surface area contributed by atoms with Gasteiger partial charge in [0.15, 0.2) is 0 Å². The zero-order chi connectivity index (χ0) is 14.5. The molecule has 1 aromatic heterocycles. The fourth-order valence-corrected chi connectivity index (χ4v) is 2.32. The van der Waals surface area contributed by atoms with Gasteiger partial charge in [-0.3, -0.25) is 4.99 Å². The van der Waals surface area contributed by atoms with E-state index in [1.807, 2.05) is 32.0 Å². The van der Waals surface area contributed by atoms with E-state index in [9.17, 15) is 5.21 Å². The van der Waals surface area contributed by atoms with Gasteiger partial charge in [-0.2, -0.15) is 4.73 Å². The smallest absolute Gasteiger partial charge is 0.112 e. The molecule has 0 bridgehead atoms. The molecule has 1 heterocycles. The summed E-state index contributed by atoms with van der Waals surface area (Å²) < 4.78 is 1.15. The van der Waals surface area contributed by atoms with Gasteiger partial charge in [0.1, 0.15) is 5.52 Å².